The van der Waals surface area contributed by atoms with Gasteiger partial charge in [0.05, 0.1) is 17.8 Å². The van der Waals surface area contributed by atoms with Gasteiger partial charge in [-0.05, 0) is 18.2 Å². The molecule has 0 spiro atoms. The summed E-state index contributed by atoms with van der Waals surface area (Å²) in [5, 5.41) is 9.02. The first-order valence-corrected chi connectivity index (χ1v) is 7.16. The third kappa shape index (κ3) is 2.56. The van der Waals surface area contributed by atoms with E-state index >= 15 is 0 Å². The van der Waals surface area contributed by atoms with Crippen molar-refractivity contribution in [3.8, 4) is 22.7 Å². The maximum Gasteiger partial charge on any atom is 0.121 e. The van der Waals surface area contributed by atoms with Crippen LogP contribution < -0.4 is 10.5 Å². The lowest BCUT2D eigenvalue weighted by Gasteiger charge is -2.10. The minimum Gasteiger partial charge on any atom is -0.497 e. The summed E-state index contributed by atoms with van der Waals surface area (Å²) < 4.78 is 6.99. The molecule has 3 aromatic rings. The predicted octanol–water partition coefficient (Wildman–Crippen LogP) is 3.06. The minimum absolute atomic E-state index is 0.282. The molecule has 1 aromatic heterocycles. The van der Waals surface area contributed by atoms with Gasteiger partial charge in [-0.25, -0.2) is 4.68 Å². The molecule has 22 heavy (non-hydrogen) atoms. The van der Waals surface area contributed by atoms with Crippen LogP contribution in [0.25, 0.3) is 16.9 Å². The van der Waals surface area contributed by atoms with Crippen molar-refractivity contribution in [1.29, 1.82) is 0 Å². The molecule has 0 radical (unpaired) electrons. The molecule has 1 heterocycles. The first-order chi connectivity index (χ1) is 10.7. The zero-order chi connectivity index (χ0) is 15.5. The van der Waals surface area contributed by atoms with Crippen molar-refractivity contribution in [3.05, 3.63) is 59.2 Å². The maximum absolute atomic E-state index is 6.33. The fourth-order valence-electron chi connectivity index (χ4n) is 2.30. The highest BCUT2D eigenvalue weighted by atomic mass is 35.5. The van der Waals surface area contributed by atoms with Gasteiger partial charge in [0.15, 0.2) is 0 Å². The van der Waals surface area contributed by atoms with Gasteiger partial charge in [0.1, 0.15) is 17.1 Å². The van der Waals surface area contributed by atoms with Gasteiger partial charge in [-0.3, -0.25) is 0 Å². The Kier molecular flexibility index (Phi) is 4.09. The highest BCUT2D eigenvalue weighted by Gasteiger charge is 2.17. The van der Waals surface area contributed by atoms with E-state index in [0.29, 0.717) is 10.7 Å². The summed E-state index contributed by atoms with van der Waals surface area (Å²) in [4.78, 5) is 0. The molecule has 3 rings (SSSR count). The summed E-state index contributed by atoms with van der Waals surface area (Å²) in [6.45, 7) is 0.282. The summed E-state index contributed by atoms with van der Waals surface area (Å²) in [5.74, 6) is 0.743. The van der Waals surface area contributed by atoms with Crippen molar-refractivity contribution < 1.29 is 4.74 Å². The average Bonchev–Trinajstić information content (AvgIpc) is 2.99. The number of ether oxygens (including phenoxy) is 1. The number of hydrogen-bond donors (Lipinski definition) is 1. The van der Waals surface area contributed by atoms with Crippen LogP contribution in [0.5, 0.6) is 5.75 Å². The molecule has 0 saturated heterocycles. The Hall–Kier alpha value is -2.37. The minimum atomic E-state index is 0.282. The smallest absolute Gasteiger partial charge is 0.121 e. The molecule has 0 fully saturated rings. The summed E-state index contributed by atoms with van der Waals surface area (Å²) in [6.07, 6.45) is 0. The monoisotopic (exact) mass is 314 g/mol. The molecule has 0 saturated carbocycles. The van der Waals surface area contributed by atoms with Crippen LogP contribution >= 0.6 is 11.6 Å². The van der Waals surface area contributed by atoms with E-state index < -0.39 is 0 Å². The van der Waals surface area contributed by atoms with Crippen molar-refractivity contribution in [2.75, 3.05) is 7.11 Å². The van der Waals surface area contributed by atoms with Crippen LogP contribution in [0.2, 0.25) is 5.02 Å². The topological polar surface area (TPSA) is 66.0 Å². The van der Waals surface area contributed by atoms with Crippen molar-refractivity contribution in [3.63, 3.8) is 0 Å². The third-order valence-corrected chi connectivity index (χ3v) is 3.69. The largest absolute Gasteiger partial charge is 0.497 e. The van der Waals surface area contributed by atoms with Crippen LogP contribution in [-0.4, -0.2) is 22.1 Å². The third-order valence-electron chi connectivity index (χ3n) is 3.36. The molecule has 0 aliphatic heterocycles. The molecule has 0 unspecified atom stereocenters. The zero-order valence-electron chi connectivity index (χ0n) is 12.0. The van der Waals surface area contributed by atoms with Crippen LogP contribution in [0, 0.1) is 0 Å². The highest BCUT2D eigenvalue weighted by Crippen LogP contribution is 2.31. The second kappa shape index (κ2) is 6.17. The van der Waals surface area contributed by atoms with Crippen LogP contribution in [0.15, 0.2) is 48.5 Å². The van der Waals surface area contributed by atoms with E-state index in [0.717, 1.165) is 22.7 Å². The van der Waals surface area contributed by atoms with Crippen LogP contribution in [0.1, 0.15) is 5.69 Å². The number of halogens is 1. The van der Waals surface area contributed by atoms with Gasteiger partial charge in [0, 0.05) is 18.2 Å². The van der Waals surface area contributed by atoms with Gasteiger partial charge < -0.3 is 10.5 Å². The second-order valence-electron chi connectivity index (χ2n) is 4.68. The number of rotatable bonds is 4. The molecule has 112 valence electrons. The van der Waals surface area contributed by atoms with E-state index in [1.807, 2.05) is 48.5 Å². The molecule has 0 aliphatic carbocycles. The van der Waals surface area contributed by atoms with Gasteiger partial charge in [-0.2, -0.15) is 0 Å². The average molecular weight is 315 g/mol. The van der Waals surface area contributed by atoms with Gasteiger partial charge in [-0.15, -0.1) is 5.10 Å². The summed E-state index contributed by atoms with van der Waals surface area (Å²) >= 11 is 6.33. The first kappa shape index (κ1) is 14.6. The maximum atomic E-state index is 6.33. The molecule has 5 nitrogen and oxygen atoms in total. The highest BCUT2D eigenvalue weighted by molar-refractivity contribution is 6.33. The molecule has 2 N–H and O–H groups in total. The number of nitrogens with two attached hydrogens (primary N) is 1. The number of hydrogen-bond acceptors (Lipinski definition) is 4. The summed E-state index contributed by atoms with van der Waals surface area (Å²) in [5.41, 5.74) is 8.97. The Morgan fingerprint density at radius 3 is 2.73 bits per heavy atom. The molecular weight excluding hydrogens is 300 g/mol. The Balaban J connectivity index is 2.21. The lowest BCUT2D eigenvalue weighted by molar-refractivity contribution is 0.414. The standard InChI is InChI=1S/C16H15ClN4O/c1-22-12-6-4-5-11(9-12)21-16(15(10-18)19-20-21)13-7-2-3-8-14(13)17/h2-9H,10,18H2,1H3. The van der Waals surface area contributed by atoms with E-state index in [1.54, 1.807) is 11.8 Å². The van der Waals surface area contributed by atoms with Crippen molar-refractivity contribution in [2.45, 2.75) is 6.54 Å². The summed E-state index contributed by atoms with van der Waals surface area (Å²) in [7, 11) is 1.63. The molecule has 0 bridgehead atoms. The van der Waals surface area contributed by atoms with Crippen LogP contribution in [-0.2, 0) is 6.54 Å². The lowest BCUT2D eigenvalue weighted by atomic mass is 10.1. The van der Waals surface area contributed by atoms with E-state index in [-0.39, 0.29) is 6.54 Å². The van der Waals surface area contributed by atoms with Crippen molar-refractivity contribution in [1.82, 2.24) is 15.0 Å². The number of benzene rings is 2. The van der Waals surface area contributed by atoms with Gasteiger partial charge >= 0.3 is 0 Å². The Labute approximate surface area is 133 Å². The normalized spacial score (nSPS) is 10.7. The number of nitrogens with zero attached hydrogens (tertiary/aromatic N) is 3. The Morgan fingerprint density at radius 2 is 2.00 bits per heavy atom. The molecule has 0 amide bonds. The molecular formula is C16H15ClN4O. The van der Waals surface area contributed by atoms with Crippen molar-refractivity contribution >= 4 is 11.6 Å². The second-order valence-corrected chi connectivity index (χ2v) is 5.09. The van der Waals surface area contributed by atoms with E-state index in [1.165, 1.54) is 0 Å². The lowest BCUT2D eigenvalue weighted by Crippen LogP contribution is -2.03. The van der Waals surface area contributed by atoms with Gasteiger partial charge in [0.2, 0.25) is 0 Å². The number of aromatic nitrogens is 3. The van der Waals surface area contributed by atoms with Gasteiger partial charge in [0.25, 0.3) is 0 Å². The Bertz CT molecular complexity index is 800. The first-order valence-electron chi connectivity index (χ1n) is 6.78. The predicted molar refractivity (Wildman–Crippen MR) is 86.2 cm³/mol. The SMILES string of the molecule is COc1cccc(-n2nnc(CN)c2-c2ccccc2Cl)c1. The van der Waals surface area contributed by atoms with E-state index in [9.17, 15) is 0 Å². The van der Waals surface area contributed by atoms with Crippen LogP contribution in [0.4, 0.5) is 0 Å². The fraction of sp³-hybridized carbons (Fsp3) is 0.125. The number of methoxy groups -OCH3 is 1. The fourth-order valence-corrected chi connectivity index (χ4v) is 2.52. The van der Waals surface area contributed by atoms with E-state index in [2.05, 4.69) is 10.3 Å². The summed E-state index contributed by atoms with van der Waals surface area (Å²) in [6, 6.07) is 15.1. The Morgan fingerprint density at radius 1 is 1.18 bits per heavy atom. The van der Waals surface area contributed by atoms with Gasteiger partial charge in [-0.1, -0.05) is 41.1 Å². The molecule has 0 atom stereocenters. The van der Waals surface area contributed by atoms with Crippen LogP contribution in [0.3, 0.4) is 0 Å². The van der Waals surface area contributed by atoms with Crippen molar-refractivity contribution in [2.24, 2.45) is 5.73 Å². The van der Waals surface area contributed by atoms with E-state index in [4.69, 9.17) is 22.1 Å². The zero-order valence-corrected chi connectivity index (χ0v) is 12.8. The molecule has 2 aromatic carbocycles. The molecule has 6 heteroatoms. The quantitative estimate of drug-likeness (QED) is 0.803. The molecule has 0 aliphatic rings.